The molecule has 1 aromatic heterocycles. The first-order chi connectivity index (χ1) is 8.56. The van der Waals surface area contributed by atoms with Gasteiger partial charge in [-0.05, 0) is 12.1 Å². The summed E-state index contributed by atoms with van der Waals surface area (Å²) in [6.45, 7) is -0.468. The fraction of sp³-hybridized carbons (Fsp3) is 0.455. The molecule has 4 N–H and O–H groups in total. The summed E-state index contributed by atoms with van der Waals surface area (Å²) in [4.78, 5) is 14.9. The summed E-state index contributed by atoms with van der Waals surface area (Å²) in [5, 5.41) is 37.4. The van der Waals surface area contributed by atoms with Crippen LogP contribution in [0.3, 0.4) is 0 Å². The van der Waals surface area contributed by atoms with Gasteiger partial charge in [-0.15, -0.1) is 0 Å². The van der Waals surface area contributed by atoms with Crippen molar-refractivity contribution < 1.29 is 30.0 Å². The molecule has 1 fully saturated rings. The summed E-state index contributed by atoms with van der Waals surface area (Å²) < 4.78 is 5.24. The van der Waals surface area contributed by atoms with Gasteiger partial charge in [0, 0.05) is 6.20 Å². The minimum atomic E-state index is -1.32. The van der Waals surface area contributed by atoms with Crippen molar-refractivity contribution in [3.8, 4) is 0 Å². The third kappa shape index (κ3) is 2.08. The second-order valence-electron chi connectivity index (χ2n) is 4.00. The van der Waals surface area contributed by atoms with Gasteiger partial charge in [0.05, 0.1) is 17.9 Å². The maximum absolute atomic E-state index is 11.0. The Hall–Kier alpha value is -1.54. The van der Waals surface area contributed by atoms with Crippen LogP contribution in [0.4, 0.5) is 0 Å². The van der Waals surface area contributed by atoms with Gasteiger partial charge in [0.25, 0.3) is 0 Å². The van der Waals surface area contributed by atoms with E-state index < -0.39 is 37.0 Å². The first kappa shape index (κ1) is 12.9. The SMILES string of the molecule is O=C(O)c1cccnc1[C@H]1O[C@H](CO)[C@@H](O)[C@H]1O. The highest BCUT2D eigenvalue weighted by Gasteiger charge is 2.44. The number of hydrogen-bond donors (Lipinski definition) is 4. The molecule has 0 aliphatic carbocycles. The Balaban J connectivity index is 2.35. The molecule has 2 rings (SSSR count). The van der Waals surface area contributed by atoms with Gasteiger partial charge in [-0.25, -0.2) is 4.79 Å². The quantitative estimate of drug-likeness (QED) is 0.543. The number of aliphatic hydroxyl groups is 3. The van der Waals surface area contributed by atoms with Crippen LogP contribution in [-0.2, 0) is 4.74 Å². The van der Waals surface area contributed by atoms with Gasteiger partial charge in [-0.3, -0.25) is 4.98 Å². The van der Waals surface area contributed by atoms with Crippen molar-refractivity contribution in [1.29, 1.82) is 0 Å². The normalized spacial score (nSPS) is 31.5. The summed E-state index contributed by atoms with van der Waals surface area (Å²) in [5.41, 5.74) is -0.0696. The van der Waals surface area contributed by atoms with E-state index in [1.54, 1.807) is 0 Å². The van der Waals surface area contributed by atoms with Crippen LogP contribution in [0.1, 0.15) is 22.2 Å². The molecule has 1 saturated heterocycles. The predicted octanol–water partition coefficient (Wildman–Crippen LogP) is -1.07. The zero-order valence-electron chi connectivity index (χ0n) is 9.30. The van der Waals surface area contributed by atoms with E-state index in [1.807, 2.05) is 0 Å². The van der Waals surface area contributed by atoms with Crippen LogP contribution in [0, 0.1) is 0 Å². The lowest BCUT2D eigenvalue weighted by atomic mass is 10.0. The molecule has 98 valence electrons. The Morgan fingerprint density at radius 3 is 2.67 bits per heavy atom. The Bertz CT molecular complexity index is 451. The van der Waals surface area contributed by atoms with Gasteiger partial charge >= 0.3 is 5.97 Å². The predicted molar refractivity (Wildman–Crippen MR) is 57.9 cm³/mol. The molecule has 0 amide bonds. The lowest BCUT2D eigenvalue weighted by molar-refractivity contribution is -0.0242. The van der Waals surface area contributed by atoms with Crippen LogP contribution in [0.5, 0.6) is 0 Å². The van der Waals surface area contributed by atoms with E-state index in [-0.39, 0.29) is 11.3 Å². The number of hydrogen-bond acceptors (Lipinski definition) is 6. The van der Waals surface area contributed by atoms with Gasteiger partial charge in [0.2, 0.25) is 0 Å². The van der Waals surface area contributed by atoms with Gasteiger partial charge in [-0.1, -0.05) is 0 Å². The van der Waals surface area contributed by atoms with Crippen molar-refractivity contribution in [2.75, 3.05) is 6.61 Å². The number of aliphatic hydroxyl groups excluding tert-OH is 3. The third-order valence-corrected chi connectivity index (χ3v) is 2.88. The second-order valence-corrected chi connectivity index (χ2v) is 4.00. The monoisotopic (exact) mass is 255 g/mol. The zero-order valence-corrected chi connectivity index (χ0v) is 9.30. The van der Waals surface area contributed by atoms with Gasteiger partial charge in [0.15, 0.2) is 0 Å². The third-order valence-electron chi connectivity index (χ3n) is 2.88. The van der Waals surface area contributed by atoms with Gasteiger partial charge < -0.3 is 25.2 Å². The fourth-order valence-electron chi connectivity index (χ4n) is 1.95. The van der Waals surface area contributed by atoms with E-state index >= 15 is 0 Å². The van der Waals surface area contributed by atoms with E-state index in [2.05, 4.69) is 4.98 Å². The van der Waals surface area contributed by atoms with Crippen molar-refractivity contribution in [2.45, 2.75) is 24.4 Å². The molecule has 7 heteroatoms. The largest absolute Gasteiger partial charge is 0.478 e. The van der Waals surface area contributed by atoms with Crippen LogP contribution >= 0.6 is 0 Å². The summed E-state index contributed by atoms with van der Waals surface area (Å²) in [5.74, 6) is -1.20. The lowest BCUT2D eigenvalue weighted by Crippen LogP contribution is -2.32. The molecule has 0 radical (unpaired) electrons. The Labute approximate surface area is 102 Å². The highest BCUT2D eigenvalue weighted by Crippen LogP contribution is 2.33. The first-order valence-corrected chi connectivity index (χ1v) is 5.37. The lowest BCUT2D eigenvalue weighted by Gasteiger charge is -2.15. The highest BCUT2D eigenvalue weighted by atomic mass is 16.6. The molecular formula is C11H13NO6. The van der Waals surface area contributed by atoms with Crippen molar-refractivity contribution >= 4 is 5.97 Å². The molecule has 0 spiro atoms. The molecular weight excluding hydrogens is 242 g/mol. The van der Waals surface area contributed by atoms with Gasteiger partial charge in [0.1, 0.15) is 24.4 Å². The molecule has 2 heterocycles. The summed E-state index contributed by atoms with van der Waals surface area (Å²) in [6, 6.07) is 2.79. The van der Waals surface area contributed by atoms with Crippen molar-refractivity contribution in [3.05, 3.63) is 29.6 Å². The second kappa shape index (κ2) is 4.99. The zero-order chi connectivity index (χ0) is 13.3. The Kier molecular flexibility index (Phi) is 3.58. The maximum Gasteiger partial charge on any atom is 0.337 e. The van der Waals surface area contributed by atoms with Crippen LogP contribution in [0.15, 0.2) is 18.3 Å². The van der Waals surface area contributed by atoms with Crippen LogP contribution < -0.4 is 0 Å². The standard InChI is InChI=1S/C11H13NO6/c13-4-6-8(14)9(15)10(18-6)7-5(11(16)17)2-1-3-12-7/h1-3,6,8-10,13-15H,4H2,(H,16,17)/t6-,8-,9-,10-/m1/s1. The van der Waals surface area contributed by atoms with Crippen LogP contribution in [0.2, 0.25) is 0 Å². The average Bonchev–Trinajstić information content (AvgIpc) is 2.66. The maximum atomic E-state index is 11.0. The minimum Gasteiger partial charge on any atom is -0.478 e. The molecule has 0 aromatic carbocycles. The number of pyridine rings is 1. The van der Waals surface area contributed by atoms with Crippen LogP contribution in [-0.4, -0.2) is 56.3 Å². The number of aromatic nitrogens is 1. The molecule has 1 aliphatic heterocycles. The van der Waals surface area contributed by atoms with E-state index in [1.165, 1.54) is 18.3 Å². The van der Waals surface area contributed by atoms with E-state index in [0.29, 0.717) is 0 Å². The number of carboxylic acid groups (broad SMARTS) is 1. The van der Waals surface area contributed by atoms with Crippen molar-refractivity contribution in [2.24, 2.45) is 0 Å². The molecule has 0 unspecified atom stereocenters. The van der Waals surface area contributed by atoms with E-state index in [4.69, 9.17) is 14.9 Å². The van der Waals surface area contributed by atoms with Gasteiger partial charge in [-0.2, -0.15) is 0 Å². The number of nitrogens with zero attached hydrogens (tertiary/aromatic N) is 1. The topological polar surface area (TPSA) is 120 Å². The first-order valence-electron chi connectivity index (χ1n) is 5.37. The van der Waals surface area contributed by atoms with E-state index in [0.717, 1.165) is 0 Å². The number of rotatable bonds is 3. The van der Waals surface area contributed by atoms with Crippen molar-refractivity contribution in [1.82, 2.24) is 4.98 Å². The minimum absolute atomic E-state index is 0.0347. The summed E-state index contributed by atoms with van der Waals surface area (Å²) >= 11 is 0. The number of aromatic carboxylic acids is 1. The average molecular weight is 255 g/mol. The van der Waals surface area contributed by atoms with E-state index in [9.17, 15) is 15.0 Å². The van der Waals surface area contributed by atoms with Crippen LogP contribution in [0.25, 0.3) is 0 Å². The molecule has 1 aromatic rings. The van der Waals surface area contributed by atoms with Crippen molar-refractivity contribution in [3.63, 3.8) is 0 Å². The summed E-state index contributed by atoms with van der Waals surface area (Å²) in [6.07, 6.45) is -3.24. The smallest absolute Gasteiger partial charge is 0.337 e. The Morgan fingerprint density at radius 2 is 2.11 bits per heavy atom. The molecule has 18 heavy (non-hydrogen) atoms. The molecule has 0 bridgehead atoms. The Morgan fingerprint density at radius 1 is 1.39 bits per heavy atom. The fourth-order valence-corrected chi connectivity index (χ4v) is 1.95. The summed E-state index contributed by atoms with van der Waals surface area (Å²) in [7, 11) is 0. The molecule has 1 aliphatic rings. The molecule has 7 nitrogen and oxygen atoms in total. The number of ether oxygens (including phenoxy) is 1. The highest BCUT2D eigenvalue weighted by molar-refractivity contribution is 5.88. The molecule has 0 saturated carbocycles. The molecule has 4 atom stereocenters. The number of carbonyl (C=O) groups is 1. The number of carboxylic acids is 1.